The number of carbonyl (C=O) groups excluding carboxylic acids is 3. The Hall–Kier alpha value is -1.96. The lowest BCUT2D eigenvalue weighted by Gasteiger charge is -2.05. The van der Waals surface area contributed by atoms with Crippen LogP contribution in [-0.2, 0) is 19.2 Å². The van der Waals surface area contributed by atoms with Gasteiger partial charge in [-0.05, 0) is 14.0 Å². The first-order valence-corrected chi connectivity index (χ1v) is 7.72. The number of hydrogen-bond acceptors (Lipinski definition) is 5. The monoisotopic (exact) mass is 333 g/mol. The van der Waals surface area contributed by atoms with Crippen molar-refractivity contribution < 1.29 is 24.3 Å². The molecule has 0 spiro atoms. The molecule has 0 rings (SSSR count). The molecule has 0 aromatic carbocycles. The number of Topliss-reactive ketones (excluding diaryl/α,β-unsaturated/α-hetero) is 1. The molecule has 0 heterocycles. The number of rotatable bonds is 9. The van der Waals surface area contributed by atoms with E-state index in [1.54, 1.807) is 14.0 Å². The zero-order chi connectivity index (χ0) is 18.7. The summed E-state index contributed by atoms with van der Waals surface area (Å²) >= 11 is 0. The molecule has 0 fully saturated rings. The zero-order valence-corrected chi connectivity index (χ0v) is 14.8. The minimum Gasteiger partial charge on any atom is -0.481 e. The summed E-state index contributed by atoms with van der Waals surface area (Å²) in [5.41, 5.74) is 0. The number of aliphatic carboxylic acids is 1. The minimum atomic E-state index is -0.745. The summed E-state index contributed by atoms with van der Waals surface area (Å²) in [5, 5.41) is 15.6. The van der Waals surface area contributed by atoms with Crippen molar-refractivity contribution in [3.63, 3.8) is 0 Å². The third-order valence-electron chi connectivity index (χ3n) is 2.15. The second-order valence-electron chi connectivity index (χ2n) is 4.18. The van der Waals surface area contributed by atoms with E-state index >= 15 is 0 Å². The zero-order valence-electron chi connectivity index (χ0n) is 14.8. The highest BCUT2D eigenvalue weighted by Crippen LogP contribution is 1.79. The van der Waals surface area contributed by atoms with E-state index in [1.807, 2.05) is 13.8 Å². The standard InChI is InChI=1S/C10H19N3O3.C3H6O2.C2H6/c1-8(14)3-6-12-10(16)7-13-9(15)4-5-11-2;1-2-3(4)5;1-2/h11H,3-7H2,1-2H3,(H,12,16)(H,13,15);2H2,1H3,(H,4,5);1-2H3. The maximum Gasteiger partial charge on any atom is 0.303 e. The Bertz CT molecular complexity index is 346. The molecule has 0 aromatic heterocycles. The summed E-state index contributed by atoms with van der Waals surface area (Å²) < 4.78 is 0. The van der Waals surface area contributed by atoms with E-state index in [0.717, 1.165) is 0 Å². The van der Waals surface area contributed by atoms with Crippen LogP contribution in [0.25, 0.3) is 0 Å². The largest absolute Gasteiger partial charge is 0.481 e. The number of ketones is 1. The predicted octanol–water partition coefficient (Wildman–Crippen LogP) is 0.315. The van der Waals surface area contributed by atoms with E-state index in [2.05, 4.69) is 16.0 Å². The maximum absolute atomic E-state index is 11.2. The van der Waals surface area contributed by atoms with Crippen LogP contribution in [0.15, 0.2) is 0 Å². The third kappa shape index (κ3) is 28.8. The Morgan fingerprint density at radius 1 is 0.913 bits per heavy atom. The number of carboxylic acids is 1. The molecule has 0 bridgehead atoms. The second kappa shape index (κ2) is 20.0. The van der Waals surface area contributed by atoms with Crippen LogP contribution in [0, 0.1) is 0 Å². The smallest absolute Gasteiger partial charge is 0.303 e. The fourth-order valence-corrected chi connectivity index (χ4v) is 0.946. The first-order chi connectivity index (χ1) is 10.8. The van der Waals surface area contributed by atoms with E-state index in [4.69, 9.17) is 5.11 Å². The molecule has 4 N–H and O–H groups in total. The van der Waals surface area contributed by atoms with E-state index in [-0.39, 0.29) is 30.6 Å². The SMILES string of the molecule is CC.CCC(=O)O.CNCCC(=O)NCC(=O)NCCC(C)=O. The van der Waals surface area contributed by atoms with E-state index in [1.165, 1.54) is 6.92 Å². The predicted molar refractivity (Wildman–Crippen MR) is 89.1 cm³/mol. The molecule has 8 nitrogen and oxygen atoms in total. The molecular weight excluding hydrogens is 302 g/mol. The van der Waals surface area contributed by atoms with Gasteiger partial charge in [-0.2, -0.15) is 0 Å². The van der Waals surface area contributed by atoms with E-state index in [9.17, 15) is 19.2 Å². The van der Waals surface area contributed by atoms with Crippen LogP contribution >= 0.6 is 0 Å². The van der Waals surface area contributed by atoms with Gasteiger partial charge < -0.3 is 21.1 Å². The molecule has 2 amide bonds. The van der Waals surface area contributed by atoms with Gasteiger partial charge in [0, 0.05) is 32.4 Å². The summed E-state index contributed by atoms with van der Waals surface area (Å²) in [7, 11) is 1.75. The lowest BCUT2D eigenvalue weighted by Crippen LogP contribution is -2.38. The van der Waals surface area contributed by atoms with Crippen molar-refractivity contribution >= 4 is 23.6 Å². The van der Waals surface area contributed by atoms with Gasteiger partial charge >= 0.3 is 5.97 Å². The van der Waals surface area contributed by atoms with Crippen LogP contribution in [-0.4, -0.2) is 55.4 Å². The van der Waals surface area contributed by atoms with Crippen molar-refractivity contribution in [3.8, 4) is 0 Å². The summed E-state index contributed by atoms with van der Waals surface area (Å²) in [6.07, 6.45) is 0.886. The highest BCUT2D eigenvalue weighted by Gasteiger charge is 2.04. The first kappa shape index (κ1) is 26.0. The molecule has 0 unspecified atom stereocenters. The number of carbonyl (C=O) groups is 4. The van der Waals surface area contributed by atoms with Gasteiger partial charge in [0.2, 0.25) is 11.8 Å². The van der Waals surface area contributed by atoms with Crippen molar-refractivity contribution in [2.45, 2.75) is 47.0 Å². The topological polar surface area (TPSA) is 125 Å². The molecule has 0 saturated heterocycles. The Labute approximate surface area is 138 Å². The number of carboxylic acid groups (broad SMARTS) is 1. The van der Waals surface area contributed by atoms with Gasteiger partial charge in [0.25, 0.3) is 0 Å². The molecule has 0 aromatic rings. The second-order valence-corrected chi connectivity index (χ2v) is 4.18. The lowest BCUT2D eigenvalue weighted by molar-refractivity contribution is -0.136. The van der Waals surface area contributed by atoms with Crippen molar-refractivity contribution in [2.75, 3.05) is 26.7 Å². The third-order valence-corrected chi connectivity index (χ3v) is 2.15. The molecule has 0 aliphatic carbocycles. The number of hydrogen-bond donors (Lipinski definition) is 4. The van der Waals surface area contributed by atoms with Crippen LogP contribution in [0.5, 0.6) is 0 Å². The molecular formula is C15H31N3O5. The van der Waals surface area contributed by atoms with E-state index < -0.39 is 5.97 Å². The first-order valence-electron chi connectivity index (χ1n) is 7.72. The van der Waals surface area contributed by atoms with Crippen LogP contribution in [0.3, 0.4) is 0 Å². The molecule has 0 saturated carbocycles. The van der Waals surface area contributed by atoms with Crippen LogP contribution in [0.1, 0.15) is 47.0 Å². The highest BCUT2D eigenvalue weighted by atomic mass is 16.4. The summed E-state index contributed by atoms with van der Waals surface area (Å²) in [5.74, 6) is -1.17. The van der Waals surface area contributed by atoms with Gasteiger partial charge in [0.15, 0.2) is 0 Å². The Morgan fingerprint density at radius 2 is 1.43 bits per heavy atom. The van der Waals surface area contributed by atoms with E-state index in [0.29, 0.717) is 25.9 Å². The van der Waals surface area contributed by atoms with Gasteiger partial charge in [-0.15, -0.1) is 0 Å². The number of amides is 2. The fourth-order valence-electron chi connectivity index (χ4n) is 0.946. The molecule has 23 heavy (non-hydrogen) atoms. The minimum absolute atomic E-state index is 0.0263. The Balaban J connectivity index is -0.000000483. The molecule has 0 atom stereocenters. The maximum atomic E-state index is 11.2. The van der Waals surface area contributed by atoms with Gasteiger partial charge in [-0.1, -0.05) is 20.8 Å². The molecule has 0 aliphatic heterocycles. The average molecular weight is 333 g/mol. The van der Waals surface area contributed by atoms with Crippen molar-refractivity contribution in [1.82, 2.24) is 16.0 Å². The van der Waals surface area contributed by atoms with Gasteiger partial charge in [0.1, 0.15) is 5.78 Å². The summed E-state index contributed by atoms with van der Waals surface area (Å²) in [6, 6.07) is 0. The van der Waals surface area contributed by atoms with Crippen molar-refractivity contribution in [1.29, 1.82) is 0 Å². The Kier molecular flexibility index (Phi) is 22.6. The highest BCUT2D eigenvalue weighted by molar-refractivity contribution is 5.85. The van der Waals surface area contributed by atoms with Gasteiger partial charge in [0.05, 0.1) is 6.54 Å². The quantitative estimate of drug-likeness (QED) is 0.481. The molecule has 0 radical (unpaired) electrons. The molecule has 8 heteroatoms. The fraction of sp³-hybridized carbons (Fsp3) is 0.733. The summed E-state index contributed by atoms with van der Waals surface area (Å²) in [4.78, 5) is 42.2. The average Bonchev–Trinajstić information content (AvgIpc) is 2.53. The number of nitrogens with one attached hydrogen (secondary N) is 3. The van der Waals surface area contributed by atoms with Crippen LogP contribution in [0.4, 0.5) is 0 Å². The molecule has 0 aliphatic rings. The lowest BCUT2D eigenvalue weighted by atomic mass is 10.3. The normalized spacial score (nSPS) is 8.57. The van der Waals surface area contributed by atoms with Gasteiger partial charge in [-0.25, -0.2) is 0 Å². The Morgan fingerprint density at radius 3 is 1.83 bits per heavy atom. The van der Waals surface area contributed by atoms with Crippen LogP contribution < -0.4 is 16.0 Å². The van der Waals surface area contributed by atoms with Crippen molar-refractivity contribution in [3.05, 3.63) is 0 Å². The van der Waals surface area contributed by atoms with Crippen molar-refractivity contribution in [2.24, 2.45) is 0 Å². The summed E-state index contributed by atoms with van der Waals surface area (Å²) in [6.45, 7) is 7.92. The van der Waals surface area contributed by atoms with Gasteiger partial charge in [-0.3, -0.25) is 19.2 Å². The molecule has 136 valence electrons. The van der Waals surface area contributed by atoms with Crippen LogP contribution in [0.2, 0.25) is 0 Å².